The first-order chi connectivity index (χ1) is 5.33. The highest BCUT2D eigenvalue weighted by molar-refractivity contribution is 9.10. The molecule has 4 heteroatoms. The minimum Gasteiger partial charge on any atom is -0.399 e. The van der Waals surface area contributed by atoms with Crippen LogP contribution in [0.1, 0.15) is 5.69 Å². The second kappa shape index (κ2) is 4.08. The second-order valence-electron chi connectivity index (χ2n) is 1.80. The SMILES string of the molecule is CO/N=C/c1cccc(Br)n1. The highest BCUT2D eigenvalue weighted by Gasteiger charge is 1.89. The molecule has 0 spiro atoms. The molecule has 0 bridgehead atoms. The van der Waals surface area contributed by atoms with E-state index in [2.05, 4.69) is 30.9 Å². The van der Waals surface area contributed by atoms with Crippen LogP contribution in [-0.4, -0.2) is 18.3 Å². The van der Waals surface area contributed by atoms with Gasteiger partial charge in [0.05, 0.1) is 11.9 Å². The van der Waals surface area contributed by atoms with E-state index in [9.17, 15) is 0 Å². The van der Waals surface area contributed by atoms with Crippen molar-refractivity contribution in [1.29, 1.82) is 0 Å². The molecule has 1 aromatic heterocycles. The smallest absolute Gasteiger partial charge is 0.106 e. The van der Waals surface area contributed by atoms with Crippen LogP contribution in [-0.2, 0) is 4.84 Å². The van der Waals surface area contributed by atoms with Crippen molar-refractivity contribution in [3.63, 3.8) is 0 Å². The Morgan fingerprint density at radius 2 is 2.45 bits per heavy atom. The minimum absolute atomic E-state index is 0.765. The summed E-state index contributed by atoms with van der Waals surface area (Å²) in [5.41, 5.74) is 0.765. The van der Waals surface area contributed by atoms with E-state index >= 15 is 0 Å². The number of hydrogen-bond acceptors (Lipinski definition) is 3. The van der Waals surface area contributed by atoms with Gasteiger partial charge in [-0.3, -0.25) is 0 Å². The highest BCUT2D eigenvalue weighted by Crippen LogP contribution is 2.04. The van der Waals surface area contributed by atoms with Gasteiger partial charge in [-0.2, -0.15) is 0 Å². The molecule has 0 aliphatic rings. The lowest BCUT2D eigenvalue weighted by molar-refractivity contribution is 0.215. The van der Waals surface area contributed by atoms with Crippen LogP contribution in [0.25, 0.3) is 0 Å². The van der Waals surface area contributed by atoms with Crippen molar-refractivity contribution in [2.45, 2.75) is 0 Å². The van der Waals surface area contributed by atoms with Crippen LogP contribution in [0.2, 0.25) is 0 Å². The monoisotopic (exact) mass is 214 g/mol. The zero-order chi connectivity index (χ0) is 8.10. The molecule has 0 atom stereocenters. The fraction of sp³-hybridized carbons (Fsp3) is 0.143. The molecule has 3 nitrogen and oxygen atoms in total. The lowest BCUT2D eigenvalue weighted by Crippen LogP contribution is -1.86. The Balaban J connectivity index is 2.79. The molecule has 0 amide bonds. The predicted molar refractivity (Wildman–Crippen MR) is 46.5 cm³/mol. The van der Waals surface area contributed by atoms with Gasteiger partial charge in [0.15, 0.2) is 0 Å². The van der Waals surface area contributed by atoms with E-state index in [1.807, 2.05) is 18.2 Å². The summed E-state index contributed by atoms with van der Waals surface area (Å²) >= 11 is 3.24. The van der Waals surface area contributed by atoms with Gasteiger partial charge >= 0.3 is 0 Å². The van der Waals surface area contributed by atoms with E-state index in [1.165, 1.54) is 7.11 Å². The van der Waals surface area contributed by atoms with Gasteiger partial charge < -0.3 is 4.84 Å². The maximum absolute atomic E-state index is 4.50. The molecular formula is C7H7BrN2O. The summed E-state index contributed by atoms with van der Waals surface area (Å²) in [7, 11) is 1.49. The number of halogens is 1. The zero-order valence-electron chi connectivity index (χ0n) is 5.99. The molecule has 11 heavy (non-hydrogen) atoms. The third-order valence-electron chi connectivity index (χ3n) is 1.03. The predicted octanol–water partition coefficient (Wildman–Crippen LogP) is 1.82. The van der Waals surface area contributed by atoms with Gasteiger partial charge in [0.1, 0.15) is 11.7 Å². The molecule has 0 aromatic carbocycles. The van der Waals surface area contributed by atoms with Gasteiger partial charge in [0.2, 0.25) is 0 Å². The van der Waals surface area contributed by atoms with Crippen molar-refractivity contribution in [3.05, 3.63) is 28.5 Å². The summed E-state index contributed by atoms with van der Waals surface area (Å²) in [6.07, 6.45) is 1.55. The minimum atomic E-state index is 0.765. The Morgan fingerprint density at radius 1 is 1.64 bits per heavy atom. The summed E-state index contributed by atoms with van der Waals surface area (Å²) < 4.78 is 0.789. The van der Waals surface area contributed by atoms with E-state index < -0.39 is 0 Å². The third kappa shape index (κ3) is 2.67. The van der Waals surface area contributed by atoms with Crippen molar-refractivity contribution >= 4 is 22.1 Å². The van der Waals surface area contributed by atoms with Crippen LogP contribution < -0.4 is 0 Å². The number of pyridine rings is 1. The van der Waals surface area contributed by atoms with Gasteiger partial charge in [-0.05, 0) is 28.1 Å². The molecule has 58 valence electrons. The van der Waals surface area contributed by atoms with Gasteiger partial charge in [-0.15, -0.1) is 0 Å². The fourth-order valence-corrected chi connectivity index (χ4v) is 0.960. The Labute approximate surface area is 73.2 Å². The summed E-state index contributed by atoms with van der Waals surface area (Å²) in [6.45, 7) is 0. The standard InChI is InChI=1S/C7H7BrN2O/c1-11-9-5-6-3-2-4-7(8)10-6/h2-5H,1H3/b9-5+. The van der Waals surface area contributed by atoms with E-state index in [0.717, 1.165) is 10.3 Å². The highest BCUT2D eigenvalue weighted by atomic mass is 79.9. The molecule has 0 unspecified atom stereocenters. The Hall–Kier alpha value is -0.900. The van der Waals surface area contributed by atoms with E-state index in [-0.39, 0.29) is 0 Å². The average Bonchev–Trinajstić information content (AvgIpc) is 2.01. The van der Waals surface area contributed by atoms with Crippen molar-refractivity contribution in [1.82, 2.24) is 4.98 Å². The van der Waals surface area contributed by atoms with Crippen molar-refractivity contribution in [2.24, 2.45) is 5.16 Å². The number of oxime groups is 1. The molecule has 1 heterocycles. The number of hydrogen-bond donors (Lipinski definition) is 0. The van der Waals surface area contributed by atoms with E-state index in [4.69, 9.17) is 0 Å². The van der Waals surface area contributed by atoms with Crippen LogP contribution in [0.3, 0.4) is 0 Å². The number of aromatic nitrogens is 1. The van der Waals surface area contributed by atoms with Crippen LogP contribution >= 0.6 is 15.9 Å². The quantitative estimate of drug-likeness (QED) is 0.428. The normalized spacial score (nSPS) is 10.4. The lowest BCUT2D eigenvalue weighted by atomic mass is 10.4. The van der Waals surface area contributed by atoms with Gasteiger partial charge in [-0.1, -0.05) is 11.2 Å². The first-order valence-corrected chi connectivity index (χ1v) is 3.81. The van der Waals surface area contributed by atoms with E-state index in [1.54, 1.807) is 6.21 Å². The molecule has 1 rings (SSSR count). The Morgan fingerprint density at radius 3 is 3.09 bits per heavy atom. The van der Waals surface area contributed by atoms with Crippen molar-refractivity contribution in [3.8, 4) is 0 Å². The maximum atomic E-state index is 4.50. The summed E-state index contributed by atoms with van der Waals surface area (Å²) in [4.78, 5) is 8.60. The Bertz CT molecular complexity index is 262. The molecule has 0 saturated heterocycles. The van der Waals surface area contributed by atoms with Crippen LogP contribution in [0.4, 0.5) is 0 Å². The lowest BCUT2D eigenvalue weighted by Gasteiger charge is -1.91. The molecule has 0 fully saturated rings. The average molecular weight is 215 g/mol. The van der Waals surface area contributed by atoms with Gasteiger partial charge in [0, 0.05) is 0 Å². The van der Waals surface area contributed by atoms with Crippen molar-refractivity contribution in [2.75, 3.05) is 7.11 Å². The first-order valence-electron chi connectivity index (χ1n) is 3.02. The zero-order valence-corrected chi connectivity index (χ0v) is 7.58. The molecule has 1 aromatic rings. The molecule has 0 aliphatic heterocycles. The van der Waals surface area contributed by atoms with Crippen LogP contribution in [0.15, 0.2) is 28.0 Å². The van der Waals surface area contributed by atoms with Crippen LogP contribution in [0.5, 0.6) is 0 Å². The molecule has 0 radical (unpaired) electrons. The molecular weight excluding hydrogens is 208 g/mol. The van der Waals surface area contributed by atoms with E-state index in [0.29, 0.717) is 0 Å². The Kier molecular flexibility index (Phi) is 3.04. The molecule has 0 saturated carbocycles. The second-order valence-corrected chi connectivity index (χ2v) is 2.61. The summed E-state index contributed by atoms with van der Waals surface area (Å²) in [5.74, 6) is 0. The van der Waals surface area contributed by atoms with Crippen molar-refractivity contribution < 1.29 is 4.84 Å². The molecule has 0 aliphatic carbocycles. The van der Waals surface area contributed by atoms with Gasteiger partial charge in [0.25, 0.3) is 0 Å². The fourth-order valence-electron chi connectivity index (χ4n) is 0.603. The first kappa shape index (κ1) is 8.20. The molecule has 0 N–H and O–H groups in total. The largest absolute Gasteiger partial charge is 0.399 e. The number of nitrogens with zero attached hydrogens (tertiary/aromatic N) is 2. The number of rotatable bonds is 2. The topological polar surface area (TPSA) is 34.5 Å². The van der Waals surface area contributed by atoms with Gasteiger partial charge in [-0.25, -0.2) is 4.98 Å². The van der Waals surface area contributed by atoms with Crippen LogP contribution in [0, 0.1) is 0 Å². The summed E-state index contributed by atoms with van der Waals surface area (Å²) in [5, 5.41) is 3.57. The summed E-state index contributed by atoms with van der Waals surface area (Å²) in [6, 6.07) is 5.57. The third-order valence-corrected chi connectivity index (χ3v) is 1.47. The maximum Gasteiger partial charge on any atom is 0.106 e.